The van der Waals surface area contributed by atoms with Crippen molar-refractivity contribution < 1.29 is 9.18 Å². The number of piperidine rings is 1. The minimum absolute atomic E-state index is 0.190. The van der Waals surface area contributed by atoms with E-state index >= 15 is 0 Å². The van der Waals surface area contributed by atoms with Crippen LogP contribution in [0.4, 0.5) is 14.9 Å². The number of hydrogen-bond donors (Lipinski definition) is 2. The number of halogens is 1. The number of rotatable bonds is 3. The molecule has 0 spiro atoms. The number of hydrogen-bond acceptors (Lipinski definition) is 4. The fourth-order valence-corrected chi connectivity index (χ4v) is 4.27. The van der Waals surface area contributed by atoms with Crippen molar-refractivity contribution in [3.8, 4) is 11.1 Å². The zero-order chi connectivity index (χ0) is 19.8. The van der Waals surface area contributed by atoms with Gasteiger partial charge in [-0.05, 0) is 29.3 Å². The lowest BCUT2D eigenvalue weighted by Gasteiger charge is -2.54. The Bertz CT molecular complexity index is 1010. The highest BCUT2D eigenvalue weighted by Gasteiger charge is 2.48. The van der Waals surface area contributed by atoms with E-state index in [1.807, 2.05) is 0 Å². The normalized spacial score (nSPS) is 22.7. The molecule has 6 nitrogen and oxygen atoms in total. The van der Waals surface area contributed by atoms with Gasteiger partial charge in [0.2, 0.25) is 0 Å². The van der Waals surface area contributed by atoms with Gasteiger partial charge in [-0.25, -0.2) is 19.2 Å². The van der Waals surface area contributed by atoms with Gasteiger partial charge in [-0.1, -0.05) is 30.3 Å². The predicted octanol–water partition coefficient (Wildman–Crippen LogP) is 3.25. The number of fused-ring (bicyclic) bond motifs is 2. The third-order valence-electron chi connectivity index (χ3n) is 5.68. The van der Waals surface area contributed by atoms with Crippen molar-refractivity contribution in [1.82, 2.24) is 20.2 Å². The van der Waals surface area contributed by atoms with Crippen LogP contribution in [0.2, 0.25) is 0 Å². The molecule has 7 heteroatoms. The first-order chi connectivity index (χ1) is 14.2. The molecule has 3 aliphatic rings. The van der Waals surface area contributed by atoms with E-state index in [1.165, 1.54) is 24.0 Å². The zero-order valence-electron chi connectivity index (χ0n) is 15.6. The van der Waals surface area contributed by atoms with E-state index in [-0.39, 0.29) is 23.9 Å². The molecule has 1 unspecified atom stereocenters. The lowest BCUT2D eigenvalue weighted by atomic mass is 9.74. The van der Waals surface area contributed by atoms with E-state index in [0.29, 0.717) is 24.7 Å². The monoisotopic (exact) mass is 389 g/mol. The molecule has 3 fully saturated rings. The zero-order valence-corrected chi connectivity index (χ0v) is 15.6. The van der Waals surface area contributed by atoms with Crippen LogP contribution in [0.1, 0.15) is 11.5 Å². The number of aromatic nitrogens is 2. The summed E-state index contributed by atoms with van der Waals surface area (Å²) >= 11 is 0. The van der Waals surface area contributed by atoms with E-state index in [2.05, 4.69) is 44.9 Å². The van der Waals surface area contributed by atoms with Crippen LogP contribution in [-0.2, 0) is 0 Å². The maximum absolute atomic E-state index is 13.3. The van der Waals surface area contributed by atoms with Gasteiger partial charge in [0.05, 0.1) is 0 Å². The fraction of sp³-hybridized carbons (Fsp3) is 0.227. The molecule has 4 heterocycles. The minimum Gasteiger partial charge on any atom is -0.321 e. The van der Waals surface area contributed by atoms with Crippen LogP contribution in [0.25, 0.3) is 11.1 Å². The van der Waals surface area contributed by atoms with E-state index in [4.69, 9.17) is 0 Å². The molecule has 146 valence electrons. The number of nitrogens with one attached hydrogen (secondary N) is 2. The van der Waals surface area contributed by atoms with Gasteiger partial charge >= 0.3 is 6.03 Å². The first-order valence-electron chi connectivity index (χ1n) is 9.60. The molecular weight excluding hydrogens is 369 g/mol. The Balaban J connectivity index is 1.24. The Morgan fingerprint density at radius 1 is 1.03 bits per heavy atom. The predicted molar refractivity (Wildman–Crippen MR) is 108 cm³/mol. The summed E-state index contributed by atoms with van der Waals surface area (Å²) in [5, 5.41) is 6.31. The highest BCUT2D eigenvalue weighted by Crippen LogP contribution is 2.37. The van der Waals surface area contributed by atoms with E-state index < -0.39 is 0 Å². The highest BCUT2D eigenvalue weighted by atomic mass is 19.1. The lowest BCUT2D eigenvalue weighted by molar-refractivity contribution is 0.0759. The molecule has 3 aliphatic heterocycles. The molecule has 2 N–H and O–H groups in total. The maximum atomic E-state index is 13.3. The topological polar surface area (TPSA) is 70.2 Å². The fourth-order valence-electron chi connectivity index (χ4n) is 4.27. The van der Waals surface area contributed by atoms with E-state index in [9.17, 15) is 9.18 Å². The summed E-state index contributed by atoms with van der Waals surface area (Å²) in [5.41, 5.74) is 3.82. The van der Waals surface area contributed by atoms with Crippen LogP contribution in [0.5, 0.6) is 0 Å². The summed E-state index contributed by atoms with van der Waals surface area (Å²) < 4.78 is 13.3. The number of carbonyl (C=O) groups excluding carboxylic acids is 1. The summed E-state index contributed by atoms with van der Waals surface area (Å²) in [6, 6.07) is 14.7. The molecule has 6 rings (SSSR count). The third-order valence-corrected chi connectivity index (χ3v) is 5.68. The van der Waals surface area contributed by atoms with Gasteiger partial charge in [0.1, 0.15) is 12.1 Å². The number of anilines is 1. The first-order valence-corrected chi connectivity index (χ1v) is 9.60. The van der Waals surface area contributed by atoms with Crippen LogP contribution in [0.3, 0.4) is 0 Å². The summed E-state index contributed by atoms with van der Waals surface area (Å²) in [4.78, 5) is 22.5. The first kappa shape index (κ1) is 17.8. The molecule has 29 heavy (non-hydrogen) atoms. The minimum atomic E-state index is -0.364. The quantitative estimate of drug-likeness (QED) is 0.722. The van der Waals surface area contributed by atoms with Gasteiger partial charge in [0.25, 0.3) is 0 Å². The van der Waals surface area contributed by atoms with Gasteiger partial charge in [-0.15, -0.1) is 0 Å². The number of nitrogens with zero attached hydrogens (tertiary/aromatic N) is 3. The van der Waals surface area contributed by atoms with Gasteiger partial charge in [-0.2, -0.15) is 0 Å². The number of amides is 2. The second-order valence-electron chi connectivity index (χ2n) is 7.50. The Morgan fingerprint density at radius 2 is 1.76 bits per heavy atom. The third kappa shape index (κ3) is 3.45. The average molecular weight is 389 g/mol. The van der Waals surface area contributed by atoms with Crippen LogP contribution < -0.4 is 10.6 Å². The number of benzene rings is 2. The summed E-state index contributed by atoms with van der Waals surface area (Å²) in [6.07, 6.45) is 5.13. The van der Waals surface area contributed by atoms with Crippen LogP contribution in [-0.4, -0.2) is 46.1 Å². The summed E-state index contributed by atoms with van der Waals surface area (Å²) in [7, 11) is 0. The average Bonchev–Trinajstić information content (AvgIpc) is 2.75. The smallest absolute Gasteiger partial charge is 0.321 e. The van der Waals surface area contributed by atoms with Crippen LogP contribution in [0, 0.1) is 5.82 Å². The second-order valence-corrected chi connectivity index (χ2v) is 7.50. The van der Waals surface area contributed by atoms with Crippen molar-refractivity contribution in [2.24, 2.45) is 0 Å². The molecule has 2 aromatic carbocycles. The molecule has 2 amide bonds. The molecule has 3 aromatic rings. The molecule has 0 aliphatic carbocycles. The molecule has 3 atom stereocenters. The van der Waals surface area contributed by atoms with Crippen molar-refractivity contribution >= 4 is 11.7 Å². The van der Waals surface area contributed by atoms with Crippen molar-refractivity contribution in [3.63, 3.8) is 0 Å². The van der Waals surface area contributed by atoms with Gasteiger partial charge < -0.3 is 15.5 Å². The Morgan fingerprint density at radius 3 is 2.45 bits per heavy atom. The van der Waals surface area contributed by atoms with Crippen molar-refractivity contribution in [3.05, 3.63) is 78.6 Å². The molecule has 2 bridgehead atoms. The second kappa shape index (κ2) is 7.25. The van der Waals surface area contributed by atoms with E-state index in [0.717, 1.165) is 11.1 Å². The van der Waals surface area contributed by atoms with Crippen LogP contribution >= 0.6 is 0 Å². The SMILES string of the molecule is O=C(Nc1cccc(F)c1)N1C[C@@H]2N[C@H](C1)C2c1ccc(-c2cncnc2)cc1. The number of urea groups is 1. The Labute approximate surface area is 167 Å². The standard InChI is InChI=1S/C22H20FN5O/c23-17-2-1-3-18(8-17)26-22(29)28-11-19-21(20(12-28)27-19)15-6-4-14(5-7-15)16-9-24-13-25-10-16/h1-10,13,19-21,27H,11-12H2,(H,26,29)/t19-,20+,21?. The van der Waals surface area contributed by atoms with Crippen molar-refractivity contribution in [1.29, 1.82) is 0 Å². The van der Waals surface area contributed by atoms with Crippen molar-refractivity contribution in [2.75, 3.05) is 18.4 Å². The molecule has 3 saturated heterocycles. The molecule has 0 saturated carbocycles. The molecule has 1 aromatic heterocycles. The Kier molecular flexibility index (Phi) is 4.44. The maximum Gasteiger partial charge on any atom is 0.321 e. The van der Waals surface area contributed by atoms with Crippen molar-refractivity contribution in [2.45, 2.75) is 18.0 Å². The van der Waals surface area contributed by atoms with Gasteiger partial charge in [0, 0.05) is 54.7 Å². The summed E-state index contributed by atoms with van der Waals surface area (Å²) in [5.74, 6) is 0.0193. The lowest BCUT2D eigenvalue weighted by Crippen LogP contribution is -2.72. The van der Waals surface area contributed by atoms with Crippen LogP contribution in [0.15, 0.2) is 67.3 Å². The molecular formula is C22H20FN5O. The number of piperazine rings is 1. The van der Waals surface area contributed by atoms with E-state index in [1.54, 1.807) is 29.4 Å². The highest BCUT2D eigenvalue weighted by molar-refractivity contribution is 5.89. The number of carbonyl (C=O) groups is 1. The van der Waals surface area contributed by atoms with Gasteiger partial charge in [-0.3, -0.25) is 0 Å². The Hall–Kier alpha value is -3.32. The largest absolute Gasteiger partial charge is 0.321 e. The molecule has 0 radical (unpaired) electrons. The summed E-state index contributed by atoms with van der Waals surface area (Å²) in [6.45, 7) is 1.24. The van der Waals surface area contributed by atoms with Gasteiger partial charge in [0.15, 0.2) is 0 Å².